The van der Waals surface area contributed by atoms with Crippen LogP contribution in [0.4, 0.5) is 0 Å². The molecule has 1 amide bonds. The van der Waals surface area contributed by atoms with E-state index in [2.05, 4.69) is 5.32 Å². The molecule has 1 rings (SSSR count). The summed E-state index contributed by atoms with van der Waals surface area (Å²) in [6, 6.07) is 6.54. The smallest absolute Gasteiger partial charge is 0.328 e. The maximum Gasteiger partial charge on any atom is 0.328 e. The first-order chi connectivity index (χ1) is 12.4. The summed E-state index contributed by atoms with van der Waals surface area (Å²) in [5, 5.41) is 3.21. The molecule has 0 spiro atoms. The van der Waals surface area contributed by atoms with Gasteiger partial charge in [-0.3, -0.25) is 9.59 Å². The quantitative estimate of drug-likeness (QED) is 0.479. The molecule has 144 valence electrons. The zero-order valence-corrected chi connectivity index (χ0v) is 16.7. The van der Waals surface area contributed by atoms with Gasteiger partial charge >= 0.3 is 11.9 Å². The van der Waals surface area contributed by atoms with Crippen molar-refractivity contribution < 1.29 is 23.9 Å². The van der Waals surface area contributed by atoms with Crippen LogP contribution in [0.5, 0.6) is 0 Å². The first-order valence-corrected chi connectivity index (χ1v) is 9.64. The molecule has 1 N–H and O–H groups in total. The van der Waals surface area contributed by atoms with E-state index < -0.39 is 30.5 Å². The number of rotatable bonds is 10. The van der Waals surface area contributed by atoms with Crippen molar-refractivity contribution in [3.8, 4) is 0 Å². The van der Waals surface area contributed by atoms with E-state index in [1.165, 1.54) is 18.9 Å². The van der Waals surface area contributed by atoms with Gasteiger partial charge in [-0.05, 0) is 30.2 Å². The van der Waals surface area contributed by atoms with Crippen molar-refractivity contribution in [1.82, 2.24) is 5.32 Å². The SMILES string of the molecule is CC[C@H](C)[C@@H](NC(=O)COC(=O)CCSc1ccc(Cl)cc1)C(=O)OC. The molecule has 0 aromatic heterocycles. The summed E-state index contributed by atoms with van der Waals surface area (Å²) in [4.78, 5) is 36.4. The number of thioether (sulfide) groups is 1. The molecule has 0 aliphatic carbocycles. The van der Waals surface area contributed by atoms with Crippen LogP contribution in [0.25, 0.3) is 0 Å². The molecule has 0 bridgehead atoms. The van der Waals surface area contributed by atoms with Gasteiger partial charge in [-0.1, -0.05) is 31.9 Å². The van der Waals surface area contributed by atoms with Crippen molar-refractivity contribution in [2.45, 2.75) is 37.6 Å². The lowest BCUT2D eigenvalue weighted by Crippen LogP contribution is -2.47. The minimum absolute atomic E-state index is 0.0853. The number of hydrogen-bond acceptors (Lipinski definition) is 6. The van der Waals surface area contributed by atoms with Gasteiger partial charge in [-0.25, -0.2) is 4.79 Å². The monoisotopic (exact) mass is 401 g/mol. The number of esters is 2. The van der Waals surface area contributed by atoms with Gasteiger partial charge in [-0.15, -0.1) is 11.8 Å². The van der Waals surface area contributed by atoms with Crippen LogP contribution >= 0.6 is 23.4 Å². The fourth-order valence-corrected chi connectivity index (χ4v) is 2.97. The highest BCUT2D eigenvalue weighted by atomic mass is 35.5. The number of ether oxygens (including phenoxy) is 2. The number of benzene rings is 1. The second-order valence-corrected chi connectivity index (χ2v) is 7.27. The summed E-state index contributed by atoms with van der Waals surface area (Å²) in [6.07, 6.45) is 0.869. The van der Waals surface area contributed by atoms with E-state index in [4.69, 9.17) is 21.1 Å². The summed E-state index contributed by atoms with van der Waals surface area (Å²) in [5.41, 5.74) is 0. The van der Waals surface area contributed by atoms with Crippen molar-refractivity contribution in [2.24, 2.45) is 5.92 Å². The third kappa shape index (κ3) is 8.10. The van der Waals surface area contributed by atoms with Gasteiger partial charge in [0.2, 0.25) is 0 Å². The molecule has 0 aliphatic rings. The molecule has 0 saturated carbocycles. The second-order valence-electron chi connectivity index (χ2n) is 5.67. The van der Waals surface area contributed by atoms with Crippen molar-refractivity contribution in [3.05, 3.63) is 29.3 Å². The van der Waals surface area contributed by atoms with E-state index in [9.17, 15) is 14.4 Å². The molecule has 0 aliphatic heterocycles. The van der Waals surface area contributed by atoms with E-state index in [1.807, 2.05) is 26.0 Å². The molecule has 6 nitrogen and oxygen atoms in total. The lowest BCUT2D eigenvalue weighted by molar-refractivity contribution is -0.150. The number of halogens is 1. The van der Waals surface area contributed by atoms with Crippen LogP contribution < -0.4 is 5.32 Å². The van der Waals surface area contributed by atoms with Crippen LogP contribution in [0.2, 0.25) is 5.02 Å². The van der Waals surface area contributed by atoms with Gasteiger partial charge in [0.25, 0.3) is 5.91 Å². The summed E-state index contributed by atoms with van der Waals surface area (Å²) in [6.45, 7) is 3.32. The summed E-state index contributed by atoms with van der Waals surface area (Å²) in [7, 11) is 1.27. The molecule has 0 radical (unpaired) electrons. The molecule has 26 heavy (non-hydrogen) atoms. The fraction of sp³-hybridized carbons (Fsp3) is 0.500. The second kappa shape index (κ2) is 11.8. The maximum absolute atomic E-state index is 11.9. The number of methoxy groups -OCH3 is 1. The predicted molar refractivity (Wildman–Crippen MR) is 101 cm³/mol. The van der Waals surface area contributed by atoms with Gasteiger partial charge in [0.15, 0.2) is 6.61 Å². The summed E-state index contributed by atoms with van der Waals surface area (Å²) in [5.74, 6) is -1.07. The highest BCUT2D eigenvalue weighted by Gasteiger charge is 2.26. The van der Waals surface area contributed by atoms with Crippen LogP contribution in [-0.4, -0.2) is 43.4 Å². The largest absolute Gasteiger partial charge is 0.467 e. The van der Waals surface area contributed by atoms with Crippen LogP contribution in [0.1, 0.15) is 26.7 Å². The van der Waals surface area contributed by atoms with E-state index in [0.717, 1.165) is 4.90 Å². The molecule has 0 saturated heterocycles. The van der Waals surface area contributed by atoms with Gasteiger partial charge in [0.1, 0.15) is 6.04 Å². The Hall–Kier alpha value is -1.73. The summed E-state index contributed by atoms with van der Waals surface area (Å²) >= 11 is 7.31. The number of nitrogens with one attached hydrogen (secondary N) is 1. The number of carbonyl (C=O) groups excluding carboxylic acids is 3. The molecular formula is C18H24ClNO5S. The molecule has 2 atom stereocenters. The Bertz CT molecular complexity index is 608. The van der Waals surface area contributed by atoms with Gasteiger partial charge in [0.05, 0.1) is 13.5 Å². The Labute approximate surface area is 162 Å². The lowest BCUT2D eigenvalue weighted by atomic mass is 9.99. The van der Waals surface area contributed by atoms with E-state index >= 15 is 0 Å². The molecule has 0 heterocycles. The number of carbonyl (C=O) groups is 3. The van der Waals surface area contributed by atoms with Crippen LogP contribution in [0.15, 0.2) is 29.2 Å². The molecular weight excluding hydrogens is 378 g/mol. The Morgan fingerprint density at radius 1 is 1.23 bits per heavy atom. The zero-order valence-electron chi connectivity index (χ0n) is 15.1. The van der Waals surface area contributed by atoms with Crippen molar-refractivity contribution in [2.75, 3.05) is 19.5 Å². The van der Waals surface area contributed by atoms with Crippen molar-refractivity contribution in [1.29, 1.82) is 0 Å². The first-order valence-electron chi connectivity index (χ1n) is 8.28. The van der Waals surface area contributed by atoms with Crippen molar-refractivity contribution in [3.63, 3.8) is 0 Å². The third-order valence-corrected chi connectivity index (χ3v) is 5.00. The zero-order chi connectivity index (χ0) is 19.5. The van der Waals surface area contributed by atoms with Crippen LogP contribution in [0.3, 0.4) is 0 Å². The minimum atomic E-state index is -0.753. The van der Waals surface area contributed by atoms with Gasteiger partial charge in [0, 0.05) is 15.7 Å². The Morgan fingerprint density at radius 2 is 1.88 bits per heavy atom. The van der Waals surface area contributed by atoms with E-state index in [0.29, 0.717) is 17.2 Å². The van der Waals surface area contributed by atoms with Gasteiger partial charge in [-0.2, -0.15) is 0 Å². The van der Waals surface area contributed by atoms with Crippen LogP contribution in [-0.2, 0) is 23.9 Å². The molecule has 8 heteroatoms. The third-order valence-electron chi connectivity index (χ3n) is 3.74. The molecule has 0 unspecified atom stereocenters. The molecule has 1 aromatic carbocycles. The highest BCUT2D eigenvalue weighted by Crippen LogP contribution is 2.21. The number of hydrogen-bond donors (Lipinski definition) is 1. The van der Waals surface area contributed by atoms with E-state index in [1.54, 1.807) is 12.1 Å². The molecule has 1 aromatic rings. The Balaban J connectivity index is 2.33. The van der Waals surface area contributed by atoms with Crippen molar-refractivity contribution >= 4 is 41.2 Å². The van der Waals surface area contributed by atoms with Gasteiger partial charge < -0.3 is 14.8 Å². The maximum atomic E-state index is 11.9. The Morgan fingerprint density at radius 3 is 2.46 bits per heavy atom. The molecule has 0 fully saturated rings. The normalized spacial score (nSPS) is 12.8. The Kier molecular flexibility index (Phi) is 10.1. The lowest BCUT2D eigenvalue weighted by Gasteiger charge is -2.21. The average Bonchev–Trinajstić information content (AvgIpc) is 2.64. The number of amides is 1. The minimum Gasteiger partial charge on any atom is -0.467 e. The highest BCUT2D eigenvalue weighted by molar-refractivity contribution is 7.99. The van der Waals surface area contributed by atoms with Crippen LogP contribution in [0, 0.1) is 5.92 Å². The predicted octanol–water partition coefficient (Wildman–Crippen LogP) is 3.07. The topological polar surface area (TPSA) is 81.7 Å². The average molecular weight is 402 g/mol. The first kappa shape index (κ1) is 22.3. The fourth-order valence-electron chi connectivity index (χ4n) is 2.01. The standard InChI is InChI=1S/C18H24ClNO5S/c1-4-12(2)17(18(23)24-3)20-15(21)11-25-16(22)9-10-26-14-7-5-13(19)6-8-14/h5-8,12,17H,4,9-11H2,1-3H3,(H,20,21)/t12-,17+/m0/s1. The van der Waals surface area contributed by atoms with E-state index in [-0.39, 0.29) is 12.3 Å². The summed E-state index contributed by atoms with van der Waals surface area (Å²) < 4.78 is 9.64.